The molecule has 2 N–H and O–H groups in total. The number of hydrazone groups is 1. The lowest BCUT2D eigenvalue weighted by Crippen LogP contribution is -2.49. The van der Waals surface area contributed by atoms with Gasteiger partial charge in [-0.15, -0.1) is 11.3 Å². The lowest BCUT2D eigenvalue weighted by atomic mass is 10.0. The van der Waals surface area contributed by atoms with Gasteiger partial charge in [0.15, 0.2) is 0 Å². The molecule has 0 unspecified atom stereocenters. The molecule has 0 saturated carbocycles. The van der Waals surface area contributed by atoms with Crippen LogP contribution in [0.1, 0.15) is 24.3 Å². The van der Waals surface area contributed by atoms with Crippen molar-refractivity contribution in [1.29, 1.82) is 0 Å². The number of carbonyl (C=O) groups is 2. The summed E-state index contributed by atoms with van der Waals surface area (Å²) in [6, 6.07) is 10.5. The minimum absolute atomic E-state index is 0.0660. The maximum absolute atomic E-state index is 12.4. The van der Waals surface area contributed by atoms with Crippen molar-refractivity contribution in [2.24, 2.45) is 11.0 Å². The highest BCUT2D eigenvalue weighted by molar-refractivity contribution is 7.10. The zero-order valence-corrected chi connectivity index (χ0v) is 15.9. The van der Waals surface area contributed by atoms with Crippen LogP contribution in [0.15, 0.2) is 46.9 Å². The van der Waals surface area contributed by atoms with Crippen LogP contribution in [0.3, 0.4) is 0 Å². The third-order valence-electron chi connectivity index (χ3n) is 3.70. The van der Waals surface area contributed by atoms with Gasteiger partial charge in [0, 0.05) is 10.4 Å². The largest absolute Gasteiger partial charge is 0.496 e. The van der Waals surface area contributed by atoms with Gasteiger partial charge in [0.05, 0.1) is 19.7 Å². The quantitative estimate of drug-likeness (QED) is 0.551. The van der Waals surface area contributed by atoms with E-state index >= 15 is 0 Å². The number of para-hydroxylation sites is 1. The van der Waals surface area contributed by atoms with Crippen molar-refractivity contribution in [3.63, 3.8) is 0 Å². The zero-order chi connectivity index (χ0) is 18.9. The van der Waals surface area contributed by atoms with E-state index in [-0.39, 0.29) is 24.2 Å². The monoisotopic (exact) mass is 373 g/mol. The molecule has 0 aliphatic carbocycles. The van der Waals surface area contributed by atoms with E-state index in [2.05, 4.69) is 15.8 Å². The van der Waals surface area contributed by atoms with Gasteiger partial charge in [-0.05, 0) is 29.5 Å². The summed E-state index contributed by atoms with van der Waals surface area (Å²) in [7, 11) is 1.57. The lowest BCUT2D eigenvalue weighted by molar-refractivity contribution is -0.129. The van der Waals surface area contributed by atoms with Crippen molar-refractivity contribution in [3.05, 3.63) is 52.2 Å². The number of hydrogen-bond donors (Lipinski definition) is 2. The molecule has 138 valence electrons. The second-order valence-corrected chi connectivity index (χ2v) is 7.05. The van der Waals surface area contributed by atoms with Crippen molar-refractivity contribution in [3.8, 4) is 5.75 Å². The highest BCUT2D eigenvalue weighted by Crippen LogP contribution is 2.14. The number of nitrogens with one attached hydrogen (secondary N) is 2. The third-order valence-corrected chi connectivity index (χ3v) is 4.57. The lowest BCUT2D eigenvalue weighted by Gasteiger charge is -2.20. The predicted octanol–water partition coefficient (Wildman–Crippen LogP) is 2.59. The molecule has 26 heavy (non-hydrogen) atoms. The van der Waals surface area contributed by atoms with Crippen molar-refractivity contribution in [1.82, 2.24) is 10.7 Å². The number of nitrogens with zero attached hydrogens (tertiary/aromatic N) is 1. The Kier molecular flexibility index (Phi) is 7.35. The van der Waals surface area contributed by atoms with Crippen LogP contribution in [-0.4, -0.2) is 31.2 Å². The Balaban J connectivity index is 1.95. The summed E-state index contributed by atoms with van der Waals surface area (Å²) in [5, 5.41) is 8.68. The molecule has 1 aromatic heterocycles. The van der Waals surface area contributed by atoms with Gasteiger partial charge in [-0.3, -0.25) is 9.59 Å². The molecule has 2 rings (SSSR count). The molecule has 1 aromatic carbocycles. The highest BCUT2D eigenvalue weighted by Gasteiger charge is 2.24. The summed E-state index contributed by atoms with van der Waals surface area (Å²) in [6.07, 6.45) is 1.78. The molecular weight excluding hydrogens is 350 g/mol. The first-order valence-corrected chi connectivity index (χ1v) is 9.17. The predicted molar refractivity (Wildman–Crippen MR) is 104 cm³/mol. The molecule has 1 atom stereocenters. The van der Waals surface area contributed by atoms with E-state index in [9.17, 15) is 9.59 Å². The van der Waals surface area contributed by atoms with Gasteiger partial charge < -0.3 is 10.1 Å². The van der Waals surface area contributed by atoms with Crippen LogP contribution >= 0.6 is 11.3 Å². The van der Waals surface area contributed by atoms with Crippen LogP contribution in [0.4, 0.5) is 0 Å². The fraction of sp³-hybridized carbons (Fsp3) is 0.316. The zero-order valence-electron chi connectivity index (χ0n) is 15.1. The minimum atomic E-state index is -0.655. The molecule has 0 aliphatic heterocycles. The van der Waals surface area contributed by atoms with Crippen molar-refractivity contribution in [2.45, 2.75) is 26.3 Å². The molecule has 0 aliphatic rings. The van der Waals surface area contributed by atoms with Crippen molar-refractivity contribution in [2.75, 3.05) is 7.11 Å². The minimum Gasteiger partial charge on any atom is -0.496 e. The maximum atomic E-state index is 12.4. The van der Waals surface area contributed by atoms with E-state index in [4.69, 9.17) is 4.74 Å². The Labute approximate surface area is 157 Å². The number of rotatable bonds is 8. The standard InChI is InChI=1S/C19H23N3O3S/c1-13(2)18(21-17(23)11-15-8-6-10-26-15)19(24)22-20-12-14-7-4-5-9-16(14)25-3/h4-10,12-13,18H,11H2,1-3H3,(H,21,23)(H,22,24)/t18-/m1/s1. The van der Waals surface area contributed by atoms with Crippen LogP contribution < -0.4 is 15.5 Å². The van der Waals surface area contributed by atoms with Crippen LogP contribution in [0.5, 0.6) is 5.75 Å². The molecule has 0 fully saturated rings. The fourth-order valence-electron chi connectivity index (χ4n) is 2.34. The van der Waals surface area contributed by atoms with Crippen molar-refractivity contribution < 1.29 is 14.3 Å². The van der Waals surface area contributed by atoms with E-state index < -0.39 is 6.04 Å². The average Bonchev–Trinajstić information content (AvgIpc) is 3.12. The van der Waals surface area contributed by atoms with Crippen LogP contribution in [0.25, 0.3) is 0 Å². The number of methoxy groups -OCH3 is 1. The Morgan fingerprint density at radius 2 is 2.00 bits per heavy atom. The SMILES string of the molecule is COc1ccccc1C=NNC(=O)[C@H](NC(=O)Cc1cccs1)C(C)C. The number of ether oxygens (including phenoxy) is 1. The molecular formula is C19H23N3O3S. The number of carbonyl (C=O) groups excluding carboxylic acids is 2. The Hall–Kier alpha value is -2.67. The summed E-state index contributed by atoms with van der Waals surface area (Å²) in [5.41, 5.74) is 3.24. The fourth-order valence-corrected chi connectivity index (χ4v) is 3.04. The smallest absolute Gasteiger partial charge is 0.262 e. The summed E-state index contributed by atoms with van der Waals surface area (Å²) in [6.45, 7) is 3.75. The first-order valence-electron chi connectivity index (χ1n) is 8.29. The first kappa shape index (κ1) is 19.7. The van der Waals surface area contributed by atoms with Gasteiger partial charge in [-0.2, -0.15) is 5.10 Å². The summed E-state index contributed by atoms with van der Waals surface area (Å²) in [4.78, 5) is 25.5. The first-order chi connectivity index (χ1) is 12.5. The topological polar surface area (TPSA) is 79.8 Å². The summed E-state index contributed by atoms with van der Waals surface area (Å²) >= 11 is 1.51. The number of thiophene rings is 1. The molecule has 0 spiro atoms. The van der Waals surface area contributed by atoms with Gasteiger partial charge in [-0.1, -0.05) is 32.0 Å². The van der Waals surface area contributed by atoms with E-state index in [0.29, 0.717) is 5.75 Å². The molecule has 0 saturated heterocycles. The molecule has 2 amide bonds. The molecule has 2 aromatic rings. The van der Waals surface area contributed by atoms with E-state index in [1.165, 1.54) is 17.6 Å². The average molecular weight is 373 g/mol. The van der Waals surface area contributed by atoms with Gasteiger partial charge >= 0.3 is 0 Å². The van der Waals surface area contributed by atoms with Gasteiger partial charge in [0.2, 0.25) is 5.91 Å². The van der Waals surface area contributed by atoms with Crippen molar-refractivity contribution >= 4 is 29.4 Å². The van der Waals surface area contributed by atoms with E-state index in [1.807, 2.05) is 55.6 Å². The Morgan fingerprint density at radius 3 is 2.65 bits per heavy atom. The van der Waals surface area contributed by atoms with Gasteiger partial charge in [0.1, 0.15) is 11.8 Å². The molecule has 0 bridgehead atoms. The molecule has 7 heteroatoms. The highest BCUT2D eigenvalue weighted by atomic mass is 32.1. The number of amides is 2. The van der Waals surface area contributed by atoms with Crippen LogP contribution in [0, 0.1) is 5.92 Å². The number of benzene rings is 1. The summed E-state index contributed by atoms with van der Waals surface area (Å²) < 4.78 is 5.23. The molecule has 1 heterocycles. The molecule has 0 radical (unpaired) electrons. The van der Waals surface area contributed by atoms with Crippen LogP contribution in [0.2, 0.25) is 0 Å². The van der Waals surface area contributed by atoms with Gasteiger partial charge in [-0.25, -0.2) is 5.43 Å². The normalized spacial score (nSPS) is 12.2. The Morgan fingerprint density at radius 1 is 1.23 bits per heavy atom. The third kappa shape index (κ3) is 5.70. The van der Waals surface area contributed by atoms with E-state index in [1.54, 1.807) is 7.11 Å². The van der Waals surface area contributed by atoms with Gasteiger partial charge in [0.25, 0.3) is 5.91 Å². The summed E-state index contributed by atoms with van der Waals surface area (Å²) in [5.74, 6) is 0.0552. The van der Waals surface area contributed by atoms with Crippen LogP contribution in [-0.2, 0) is 16.0 Å². The van der Waals surface area contributed by atoms with E-state index in [0.717, 1.165) is 10.4 Å². The second kappa shape index (κ2) is 9.72. The second-order valence-electron chi connectivity index (χ2n) is 6.02. The number of hydrogen-bond acceptors (Lipinski definition) is 5. The Bertz CT molecular complexity index is 757. The molecule has 6 nitrogen and oxygen atoms in total. The maximum Gasteiger partial charge on any atom is 0.262 e.